The fraction of sp³-hybridized carbons (Fsp3) is 0.333. The maximum atomic E-state index is 12.0. The molecule has 2 aromatic heterocycles. The minimum atomic E-state index is -0.161. The molecule has 0 bridgehead atoms. The van der Waals surface area contributed by atoms with Gasteiger partial charge in [-0.3, -0.25) is 9.59 Å². The number of thiophene rings is 2. The molecule has 2 amide bonds. The van der Waals surface area contributed by atoms with Crippen LogP contribution in [0.2, 0.25) is 0 Å². The van der Waals surface area contributed by atoms with Crippen LogP contribution in [0.15, 0.2) is 33.7 Å². The lowest BCUT2D eigenvalue weighted by Crippen LogP contribution is -2.29. The van der Waals surface area contributed by atoms with Crippen LogP contribution in [-0.2, 0) is 22.7 Å². The van der Waals surface area contributed by atoms with E-state index in [1.807, 2.05) is 33.7 Å². The molecule has 6 heteroatoms. The molecule has 1 saturated carbocycles. The average Bonchev–Trinajstić information content (AvgIpc) is 2.91. The van der Waals surface area contributed by atoms with Crippen LogP contribution in [0.25, 0.3) is 0 Å². The summed E-state index contributed by atoms with van der Waals surface area (Å²) in [7, 11) is 0. The lowest BCUT2D eigenvalue weighted by Gasteiger charge is -2.05. The lowest BCUT2D eigenvalue weighted by molar-refractivity contribution is -0.127. The van der Waals surface area contributed by atoms with Crippen LogP contribution in [0.4, 0.5) is 0 Å². The smallest absolute Gasteiger partial charge is 0.224 e. The Labute approximate surface area is 131 Å². The van der Waals surface area contributed by atoms with E-state index in [0.717, 1.165) is 11.1 Å². The Morgan fingerprint density at radius 3 is 1.81 bits per heavy atom. The minimum Gasteiger partial charge on any atom is -0.352 e. The van der Waals surface area contributed by atoms with E-state index in [-0.39, 0.29) is 23.7 Å². The van der Waals surface area contributed by atoms with Gasteiger partial charge >= 0.3 is 0 Å². The SMILES string of the molecule is O=C(NCc1ccsc1)[C@@H]1C[C@H]1C(=O)NCc1ccsc1. The van der Waals surface area contributed by atoms with Crippen LogP contribution in [0.1, 0.15) is 17.5 Å². The third kappa shape index (κ3) is 3.71. The summed E-state index contributed by atoms with van der Waals surface area (Å²) in [6, 6.07) is 3.98. The maximum Gasteiger partial charge on any atom is 0.224 e. The molecule has 0 saturated heterocycles. The quantitative estimate of drug-likeness (QED) is 0.858. The number of hydrogen-bond donors (Lipinski definition) is 2. The van der Waals surface area contributed by atoms with Crippen LogP contribution in [-0.4, -0.2) is 11.8 Å². The van der Waals surface area contributed by atoms with Gasteiger partial charge in [0.15, 0.2) is 0 Å². The van der Waals surface area contributed by atoms with Crippen molar-refractivity contribution in [2.75, 3.05) is 0 Å². The second-order valence-electron chi connectivity index (χ2n) is 5.15. The highest BCUT2D eigenvalue weighted by molar-refractivity contribution is 7.08. The van der Waals surface area contributed by atoms with Gasteiger partial charge in [0.1, 0.15) is 0 Å². The molecule has 0 spiro atoms. The first-order valence-electron chi connectivity index (χ1n) is 6.81. The number of hydrogen-bond acceptors (Lipinski definition) is 4. The van der Waals surface area contributed by atoms with Crippen molar-refractivity contribution in [2.24, 2.45) is 11.8 Å². The maximum absolute atomic E-state index is 12.0. The summed E-state index contributed by atoms with van der Waals surface area (Å²) >= 11 is 3.22. The van der Waals surface area contributed by atoms with E-state index in [0.29, 0.717) is 19.5 Å². The van der Waals surface area contributed by atoms with Crippen molar-refractivity contribution in [1.29, 1.82) is 0 Å². The third-order valence-corrected chi connectivity index (χ3v) is 5.02. The van der Waals surface area contributed by atoms with Crippen LogP contribution < -0.4 is 10.6 Å². The molecule has 0 unspecified atom stereocenters. The normalized spacial score (nSPS) is 20.0. The highest BCUT2D eigenvalue weighted by Crippen LogP contribution is 2.38. The van der Waals surface area contributed by atoms with Gasteiger partial charge in [0.2, 0.25) is 11.8 Å². The van der Waals surface area contributed by atoms with E-state index in [2.05, 4.69) is 10.6 Å². The topological polar surface area (TPSA) is 58.2 Å². The first-order chi connectivity index (χ1) is 10.2. The monoisotopic (exact) mass is 320 g/mol. The van der Waals surface area contributed by atoms with Gasteiger partial charge in [0.25, 0.3) is 0 Å². The van der Waals surface area contributed by atoms with Crippen molar-refractivity contribution >= 4 is 34.5 Å². The Morgan fingerprint density at radius 2 is 1.43 bits per heavy atom. The molecule has 2 atom stereocenters. The van der Waals surface area contributed by atoms with Crippen LogP contribution in [0, 0.1) is 11.8 Å². The Morgan fingerprint density at radius 1 is 0.952 bits per heavy atom. The van der Waals surface area contributed by atoms with Gasteiger partial charge in [-0.2, -0.15) is 22.7 Å². The Kier molecular flexibility index (Phi) is 4.36. The van der Waals surface area contributed by atoms with Gasteiger partial charge < -0.3 is 10.6 Å². The molecular formula is C15H16N2O2S2. The molecular weight excluding hydrogens is 304 g/mol. The van der Waals surface area contributed by atoms with Gasteiger partial charge in [0, 0.05) is 13.1 Å². The Hall–Kier alpha value is -1.66. The average molecular weight is 320 g/mol. The molecule has 2 N–H and O–H groups in total. The lowest BCUT2D eigenvalue weighted by atomic mass is 10.2. The largest absolute Gasteiger partial charge is 0.352 e. The zero-order valence-electron chi connectivity index (χ0n) is 11.4. The summed E-state index contributed by atoms with van der Waals surface area (Å²) in [5, 5.41) is 13.8. The van der Waals surface area contributed by atoms with E-state index in [4.69, 9.17) is 0 Å². The molecule has 1 aliphatic rings. The second kappa shape index (κ2) is 6.41. The van der Waals surface area contributed by atoms with E-state index < -0.39 is 0 Å². The Bertz CT molecular complexity index is 553. The molecule has 2 aromatic rings. The van der Waals surface area contributed by atoms with Crippen molar-refractivity contribution in [3.63, 3.8) is 0 Å². The van der Waals surface area contributed by atoms with Crippen molar-refractivity contribution in [1.82, 2.24) is 10.6 Å². The molecule has 110 valence electrons. The number of nitrogens with one attached hydrogen (secondary N) is 2. The van der Waals surface area contributed by atoms with Gasteiger partial charge in [0.05, 0.1) is 11.8 Å². The standard InChI is InChI=1S/C15H16N2O2S2/c18-14(16-6-10-1-3-20-8-10)12-5-13(12)15(19)17-7-11-2-4-21-9-11/h1-4,8-9,12-13H,5-7H2,(H,16,18)(H,17,19)/t12-,13-/m1/s1. The summed E-state index contributed by atoms with van der Waals surface area (Å²) in [6.07, 6.45) is 0.658. The Balaban J connectivity index is 1.40. The second-order valence-corrected chi connectivity index (χ2v) is 6.71. The van der Waals surface area contributed by atoms with Crippen molar-refractivity contribution in [3.8, 4) is 0 Å². The van der Waals surface area contributed by atoms with Crippen molar-refractivity contribution < 1.29 is 9.59 Å². The summed E-state index contributed by atoms with van der Waals surface area (Å²) in [5.74, 6) is -0.356. The highest BCUT2D eigenvalue weighted by atomic mass is 32.1. The van der Waals surface area contributed by atoms with Crippen molar-refractivity contribution in [3.05, 3.63) is 44.8 Å². The van der Waals surface area contributed by atoms with E-state index in [1.54, 1.807) is 22.7 Å². The number of carbonyl (C=O) groups excluding carboxylic acids is 2. The van der Waals surface area contributed by atoms with Crippen LogP contribution >= 0.6 is 22.7 Å². The fourth-order valence-electron chi connectivity index (χ4n) is 2.20. The predicted molar refractivity (Wildman–Crippen MR) is 83.9 cm³/mol. The zero-order chi connectivity index (χ0) is 14.7. The summed E-state index contributed by atoms with van der Waals surface area (Å²) in [6.45, 7) is 1.09. The van der Waals surface area contributed by atoms with E-state index >= 15 is 0 Å². The molecule has 4 nitrogen and oxygen atoms in total. The number of carbonyl (C=O) groups is 2. The molecule has 0 aromatic carbocycles. The van der Waals surface area contributed by atoms with Crippen LogP contribution in [0.3, 0.4) is 0 Å². The molecule has 3 rings (SSSR count). The zero-order valence-corrected chi connectivity index (χ0v) is 13.0. The van der Waals surface area contributed by atoms with Crippen molar-refractivity contribution in [2.45, 2.75) is 19.5 Å². The molecule has 1 fully saturated rings. The molecule has 1 aliphatic carbocycles. The first-order valence-corrected chi connectivity index (χ1v) is 8.70. The van der Waals surface area contributed by atoms with E-state index in [9.17, 15) is 9.59 Å². The molecule has 21 heavy (non-hydrogen) atoms. The summed E-state index contributed by atoms with van der Waals surface area (Å²) in [5.41, 5.74) is 2.21. The molecule has 2 heterocycles. The predicted octanol–water partition coefficient (Wildman–Crippen LogP) is 2.38. The van der Waals surface area contributed by atoms with Gasteiger partial charge in [-0.05, 0) is 51.2 Å². The first kappa shape index (κ1) is 14.3. The third-order valence-electron chi connectivity index (χ3n) is 3.56. The fourth-order valence-corrected chi connectivity index (χ4v) is 3.54. The summed E-state index contributed by atoms with van der Waals surface area (Å²) < 4.78 is 0. The molecule has 0 aliphatic heterocycles. The summed E-state index contributed by atoms with van der Waals surface area (Å²) in [4.78, 5) is 23.9. The van der Waals surface area contributed by atoms with E-state index in [1.165, 1.54) is 0 Å². The highest BCUT2D eigenvalue weighted by Gasteiger charge is 2.47. The molecule has 0 radical (unpaired) electrons. The minimum absolute atomic E-state index is 0.0168. The van der Waals surface area contributed by atoms with Crippen LogP contribution in [0.5, 0.6) is 0 Å². The van der Waals surface area contributed by atoms with Gasteiger partial charge in [-0.15, -0.1) is 0 Å². The van der Waals surface area contributed by atoms with Gasteiger partial charge in [-0.25, -0.2) is 0 Å². The number of rotatable bonds is 6. The number of amides is 2. The van der Waals surface area contributed by atoms with Gasteiger partial charge in [-0.1, -0.05) is 0 Å².